The summed E-state index contributed by atoms with van der Waals surface area (Å²) in [5, 5.41) is 2.86. The van der Waals surface area contributed by atoms with Crippen LogP contribution in [0.1, 0.15) is 30.6 Å². The zero-order chi connectivity index (χ0) is 22.1. The van der Waals surface area contributed by atoms with Crippen LogP contribution in [-0.4, -0.2) is 89.1 Å². The number of piperazine rings is 1. The number of ether oxygens (including phenoxy) is 1. The number of amides is 2. The highest BCUT2D eigenvalue weighted by atomic mass is 32.2. The number of benzene rings is 1. The molecule has 9 nitrogen and oxygen atoms in total. The molecule has 30 heavy (non-hydrogen) atoms. The maximum atomic E-state index is 12.7. The fraction of sp³-hybridized carbons (Fsp3) is 0.600. The second-order valence-corrected chi connectivity index (χ2v) is 9.28. The summed E-state index contributed by atoms with van der Waals surface area (Å²) in [5.41, 5.74) is 0.447. The van der Waals surface area contributed by atoms with E-state index < -0.39 is 10.0 Å². The van der Waals surface area contributed by atoms with Gasteiger partial charge < -0.3 is 15.0 Å². The Bertz CT molecular complexity index is 803. The number of hydrogen-bond acceptors (Lipinski definition) is 6. The molecule has 0 aromatic heterocycles. The molecule has 1 heterocycles. The Morgan fingerprint density at radius 3 is 2.30 bits per heavy atom. The summed E-state index contributed by atoms with van der Waals surface area (Å²) in [6, 6.07) is 5.76. The first-order valence-electron chi connectivity index (χ1n) is 10.1. The van der Waals surface area contributed by atoms with Gasteiger partial charge in [-0.25, -0.2) is 13.1 Å². The highest BCUT2D eigenvalue weighted by Crippen LogP contribution is 2.14. The van der Waals surface area contributed by atoms with Crippen LogP contribution in [0.15, 0.2) is 29.2 Å². The van der Waals surface area contributed by atoms with Crippen LogP contribution < -0.4 is 10.0 Å². The van der Waals surface area contributed by atoms with E-state index in [1.165, 1.54) is 24.3 Å². The van der Waals surface area contributed by atoms with E-state index >= 15 is 0 Å². The van der Waals surface area contributed by atoms with E-state index in [1.807, 2.05) is 4.90 Å². The Morgan fingerprint density at radius 2 is 1.73 bits per heavy atom. The summed E-state index contributed by atoms with van der Waals surface area (Å²) in [7, 11) is -1.95. The quantitative estimate of drug-likeness (QED) is 0.506. The van der Waals surface area contributed by atoms with E-state index in [-0.39, 0.29) is 22.8 Å². The lowest BCUT2D eigenvalue weighted by Crippen LogP contribution is -2.51. The number of carbonyl (C=O) groups excluding carboxylic acids is 2. The van der Waals surface area contributed by atoms with Crippen molar-refractivity contribution in [1.82, 2.24) is 19.8 Å². The monoisotopic (exact) mass is 440 g/mol. The Labute approximate surface area is 178 Å². The van der Waals surface area contributed by atoms with Crippen LogP contribution in [0.4, 0.5) is 0 Å². The van der Waals surface area contributed by atoms with Gasteiger partial charge in [-0.3, -0.25) is 14.5 Å². The topological polar surface area (TPSA) is 108 Å². The van der Waals surface area contributed by atoms with Gasteiger partial charge in [-0.15, -0.1) is 0 Å². The number of sulfonamides is 1. The summed E-state index contributed by atoms with van der Waals surface area (Å²) >= 11 is 0. The minimum atomic E-state index is -3.58. The minimum Gasteiger partial charge on any atom is -0.385 e. The fourth-order valence-corrected chi connectivity index (χ4v) is 4.40. The van der Waals surface area contributed by atoms with Gasteiger partial charge in [0.2, 0.25) is 15.9 Å². The second-order valence-electron chi connectivity index (χ2n) is 7.57. The van der Waals surface area contributed by atoms with Gasteiger partial charge in [-0.1, -0.05) is 0 Å². The minimum absolute atomic E-state index is 0.0299. The summed E-state index contributed by atoms with van der Waals surface area (Å²) < 4.78 is 31.9. The molecule has 10 heteroatoms. The van der Waals surface area contributed by atoms with Crippen LogP contribution in [0, 0.1) is 0 Å². The molecule has 2 N–H and O–H groups in total. The third-order valence-electron chi connectivity index (χ3n) is 4.68. The van der Waals surface area contributed by atoms with Gasteiger partial charge in [-0.2, -0.15) is 0 Å². The Kier molecular flexibility index (Phi) is 9.22. The van der Waals surface area contributed by atoms with Crippen molar-refractivity contribution in [1.29, 1.82) is 0 Å². The zero-order valence-electron chi connectivity index (χ0n) is 17.9. The molecule has 2 rings (SSSR count). The van der Waals surface area contributed by atoms with Gasteiger partial charge in [-0.05, 0) is 44.5 Å². The van der Waals surface area contributed by atoms with E-state index in [9.17, 15) is 18.0 Å². The number of methoxy groups -OCH3 is 1. The largest absolute Gasteiger partial charge is 0.385 e. The number of nitrogens with one attached hydrogen (secondary N) is 2. The molecule has 0 bridgehead atoms. The maximum Gasteiger partial charge on any atom is 0.253 e. The number of rotatable bonds is 10. The molecule has 1 aliphatic rings. The lowest BCUT2D eigenvalue weighted by Gasteiger charge is -2.34. The van der Waals surface area contributed by atoms with Crippen LogP contribution in [0.3, 0.4) is 0 Å². The molecule has 0 radical (unpaired) electrons. The van der Waals surface area contributed by atoms with Gasteiger partial charge in [0.15, 0.2) is 0 Å². The van der Waals surface area contributed by atoms with Crippen molar-refractivity contribution in [3.05, 3.63) is 29.8 Å². The molecule has 2 amide bonds. The van der Waals surface area contributed by atoms with E-state index in [0.717, 1.165) is 6.42 Å². The lowest BCUT2D eigenvalue weighted by atomic mass is 10.2. The maximum absolute atomic E-state index is 12.7. The number of hydrogen-bond donors (Lipinski definition) is 2. The summed E-state index contributed by atoms with van der Waals surface area (Å²) in [5.74, 6) is -0.169. The molecule has 1 saturated heterocycles. The van der Waals surface area contributed by atoms with Gasteiger partial charge in [0.25, 0.3) is 5.91 Å². The van der Waals surface area contributed by atoms with Crippen LogP contribution in [0.5, 0.6) is 0 Å². The normalized spacial score (nSPS) is 15.4. The first-order chi connectivity index (χ1) is 14.2. The highest BCUT2D eigenvalue weighted by molar-refractivity contribution is 7.89. The van der Waals surface area contributed by atoms with Gasteiger partial charge >= 0.3 is 0 Å². The fourth-order valence-electron chi connectivity index (χ4n) is 3.15. The van der Waals surface area contributed by atoms with Crippen LogP contribution in [-0.2, 0) is 19.6 Å². The summed E-state index contributed by atoms with van der Waals surface area (Å²) in [6.07, 6.45) is 0.776. The molecule has 1 aromatic carbocycles. The van der Waals surface area contributed by atoms with Crippen LogP contribution in [0.2, 0.25) is 0 Å². The van der Waals surface area contributed by atoms with Gasteiger partial charge in [0.1, 0.15) is 0 Å². The average Bonchev–Trinajstić information content (AvgIpc) is 2.70. The number of carbonyl (C=O) groups is 2. The van der Waals surface area contributed by atoms with Crippen molar-refractivity contribution in [2.45, 2.75) is 31.2 Å². The summed E-state index contributed by atoms with van der Waals surface area (Å²) in [6.45, 7) is 7.27. The molecular formula is C20H32N4O5S. The molecule has 0 aliphatic carbocycles. The first-order valence-corrected chi connectivity index (χ1v) is 11.6. The Balaban J connectivity index is 1.83. The third-order valence-corrected chi connectivity index (χ3v) is 6.35. The van der Waals surface area contributed by atoms with E-state index in [4.69, 9.17) is 4.74 Å². The van der Waals surface area contributed by atoms with Crippen LogP contribution >= 0.6 is 0 Å². The van der Waals surface area contributed by atoms with Crippen molar-refractivity contribution in [2.24, 2.45) is 0 Å². The molecule has 0 atom stereocenters. The Hall–Kier alpha value is -2.01. The predicted octanol–water partition coefficient (Wildman–Crippen LogP) is 0.284. The molecule has 0 saturated carbocycles. The van der Waals surface area contributed by atoms with Crippen molar-refractivity contribution in [3.63, 3.8) is 0 Å². The predicted molar refractivity (Wildman–Crippen MR) is 114 cm³/mol. The molecule has 1 aliphatic heterocycles. The van der Waals surface area contributed by atoms with Crippen molar-refractivity contribution >= 4 is 21.8 Å². The zero-order valence-corrected chi connectivity index (χ0v) is 18.7. The molecule has 1 aromatic rings. The lowest BCUT2D eigenvalue weighted by molar-refractivity contribution is -0.122. The third kappa shape index (κ3) is 7.35. The van der Waals surface area contributed by atoms with E-state index in [1.54, 1.807) is 25.9 Å². The standard InChI is InChI=1S/C20H32N4O5S/c1-16(2)22-30(27,28)18-7-5-17(6-8-18)20(26)24-12-10-23(11-13-24)15-19(25)21-9-4-14-29-3/h5-8,16,22H,4,9-15H2,1-3H3,(H,21,25). The summed E-state index contributed by atoms with van der Waals surface area (Å²) in [4.78, 5) is 28.6. The molecule has 1 fully saturated rings. The average molecular weight is 441 g/mol. The Morgan fingerprint density at radius 1 is 1.10 bits per heavy atom. The van der Waals surface area contributed by atoms with Crippen molar-refractivity contribution in [3.8, 4) is 0 Å². The SMILES string of the molecule is COCCCNC(=O)CN1CCN(C(=O)c2ccc(S(=O)(=O)NC(C)C)cc2)CC1. The highest BCUT2D eigenvalue weighted by Gasteiger charge is 2.24. The molecule has 168 valence electrons. The van der Waals surface area contributed by atoms with Crippen LogP contribution in [0.25, 0.3) is 0 Å². The van der Waals surface area contributed by atoms with Gasteiger partial charge in [0.05, 0.1) is 11.4 Å². The molecular weight excluding hydrogens is 408 g/mol. The molecule has 0 unspecified atom stereocenters. The smallest absolute Gasteiger partial charge is 0.253 e. The van der Waals surface area contributed by atoms with Crippen molar-refractivity contribution < 1.29 is 22.7 Å². The number of nitrogens with zero attached hydrogens (tertiary/aromatic N) is 2. The molecule has 0 spiro atoms. The van der Waals surface area contributed by atoms with E-state index in [0.29, 0.717) is 51.4 Å². The first kappa shape index (κ1) is 24.3. The second kappa shape index (κ2) is 11.4. The van der Waals surface area contributed by atoms with Crippen molar-refractivity contribution in [2.75, 3.05) is 53.0 Å². The van der Waals surface area contributed by atoms with E-state index in [2.05, 4.69) is 10.0 Å². The van der Waals surface area contributed by atoms with Gasteiger partial charge in [0, 0.05) is 58.0 Å².